The molecule has 2 saturated heterocycles. The Labute approximate surface area is 199 Å². The summed E-state index contributed by atoms with van der Waals surface area (Å²) in [6.07, 6.45) is 7.38. The molecule has 7 heteroatoms. The van der Waals surface area contributed by atoms with Crippen molar-refractivity contribution in [2.24, 2.45) is 0 Å². The van der Waals surface area contributed by atoms with E-state index in [9.17, 15) is 9.59 Å². The SMILES string of the molecule is CCCCCNC(=O)c1ccc(N2CCN(CC(=O)N3CCN(C4CCC4)CC3)CC2)cc1. The van der Waals surface area contributed by atoms with Crippen molar-refractivity contribution in [3.05, 3.63) is 29.8 Å². The number of hydrogen-bond acceptors (Lipinski definition) is 5. The van der Waals surface area contributed by atoms with E-state index in [2.05, 4.69) is 31.8 Å². The molecule has 3 fully saturated rings. The minimum absolute atomic E-state index is 0.00880. The van der Waals surface area contributed by atoms with Crippen molar-refractivity contribution in [1.29, 1.82) is 0 Å². The molecule has 0 spiro atoms. The molecule has 0 unspecified atom stereocenters. The summed E-state index contributed by atoms with van der Waals surface area (Å²) < 4.78 is 0. The lowest BCUT2D eigenvalue weighted by molar-refractivity contribution is -0.134. The van der Waals surface area contributed by atoms with E-state index >= 15 is 0 Å². The van der Waals surface area contributed by atoms with Crippen LogP contribution in [0, 0.1) is 0 Å². The van der Waals surface area contributed by atoms with Crippen molar-refractivity contribution in [3.63, 3.8) is 0 Å². The molecule has 2 heterocycles. The lowest BCUT2D eigenvalue weighted by Gasteiger charge is -2.43. The van der Waals surface area contributed by atoms with E-state index in [1.54, 1.807) is 0 Å². The van der Waals surface area contributed by atoms with Crippen LogP contribution in [0.5, 0.6) is 0 Å². The highest BCUT2D eigenvalue weighted by Gasteiger charge is 2.30. The molecule has 1 aliphatic carbocycles. The topological polar surface area (TPSA) is 59.1 Å². The van der Waals surface area contributed by atoms with E-state index < -0.39 is 0 Å². The molecule has 0 atom stereocenters. The largest absolute Gasteiger partial charge is 0.369 e. The highest BCUT2D eigenvalue weighted by Crippen LogP contribution is 2.25. The van der Waals surface area contributed by atoms with Gasteiger partial charge in [0.15, 0.2) is 0 Å². The van der Waals surface area contributed by atoms with Gasteiger partial charge in [-0.3, -0.25) is 19.4 Å². The number of rotatable bonds is 9. The van der Waals surface area contributed by atoms with Gasteiger partial charge in [-0.1, -0.05) is 26.2 Å². The fraction of sp³-hybridized carbons (Fsp3) is 0.692. The highest BCUT2D eigenvalue weighted by molar-refractivity contribution is 5.94. The lowest BCUT2D eigenvalue weighted by atomic mass is 9.91. The molecule has 7 nitrogen and oxygen atoms in total. The molecule has 1 aromatic carbocycles. The maximum atomic E-state index is 12.8. The molecule has 3 aliphatic rings. The third kappa shape index (κ3) is 6.48. The quantitative estimate of drug-likeness (QED) is 0.580. The number of carbonyl (C=O) groups is 2. The Balaban J connectivity index is 1.16. The summed E-state index contributed by atoms with van der Waals surface area (Å²) in [5.74, 6) is 0.292. The Hall–Kier alpha value is -2.12. The summed E-state index contributed by atoms with van der Waals surface area (Å²) in [6, 6.07) is 8.71. The molecule has 2 aliphatic heterocycles. The van der Waals surface area contributed by atoms with Crippen LogP contribution in [0.1, 0.15) is 55.8 Å². The predicted molar refractivity (Wildman–Crippen MR) is 133 cm³/mol. The summed E-state index contributed by atoms with van der Waals surface area (Å²) in [7, 11) is 0. The average molecular weight is 456 g/mol. The molecule has 0 aromatic heterocycles. The Morgan fingerprint density at radius 3 is 2.21 bits per heavy atom. The van der Waals surface area contributed by atoms with Crippen LogP contribution in [0.15, 0.2) is 24.3 Å². The summed E-state index contributed by atoms with van der Waals surface area (Å²) >= 11 is 0. The highest BCUT2D eigenvalue weighted by atomic mass is 16.2. The zero-order chi connectivity index (χ0) is 23.0. The number of nitrogens with zero attached hydrogens (tertiary/aromatic N) is 4. The van der Waals surface area contributed by atoms with Crippen molar-refractivity contribution in [3.8, 4) is 0 Å². The van der Waals surface area contributed by atoms with Gasteiger partial charge >= 0.3 is 0 Å². The van der Waals surface area contributed by atoms with Gasteiger partial charge in [-0.05, 0) is 43.5 Å². The third-order valence-corrected chi connectivity index (χ3v) is 7.55. The monoisotopic (exact) mass is 455 g/mol. The van der Waals surface area contributed by atoms with Crippen LogP contribution in [-0.4, -0.2) is 98.0 Å². The second-order valence-electron chi connectivity index (χ2n) is 9.77. The van der Waals surface area contributed by atoms with Crippen molar-refractivity contribution >= 4 is 17.5 Å². The number of carbonyl (C=O) groups excluding carboxylic acids is 2. The zero-order valence-corrected chi connectivity index (χ0v) is 20.3. The maximum Gasteiger partial charge on any atom is 0.251 e. The van der Waals surface area contributed by atoms with E-state index in [1.165, 1.54) is 19.3 Å². The number of benzene rings is 1. The van der Waals surface area contributed by atoms with Crippen LogP contribution < -0.4 is 10.2 Å². The van der Waals surface area contributed by atoms with Crippen molar-refractivity contribution < 1.29 is 9.59 Å². The molecular formula is C26H41N5O2. The first-order valence-corrected chi connectivity index (χ1v) is 13.0. The number of hydrogen-bond donors (Lipinski definition) is 1. The molecule has 2 amide bonds. The minimum atomic E-state index is 0.00880. The smallest absolute Gasteiger partial charge is 0.251 e. The number of nitrogens with one attached hydrogen (secondary N) is 1. The van der Waals surface area contributed by atoms with E-state index in [-0.39, 0.29) is 11.8 Å². The number of anilines is 1. The van der Waals surface area contributed by atoms with Crippen molar-refractivity contribution in [2.45, 2.75) is 51.5 Å². The molecule has 0 bridgehead atoms. The van der Waals surface area contributed by atoms with Crippen LogP contribution in [0.4, 0.5) is 5.69 Å². The molecular weight excluding hydrogens is 414 g/mol. The molecule has 1 N–H and O–H groups in total. The Bertz CT molecular complexity index is 763. The van der Waals surface area contributed by atoms with Crippen molar-refractivity contribution in [2.75, 3.05) is 70.3 Å². The van der Waals surface area contributed by atoms with Crippen LogP contribution in [0.25, 0.3) is 0 Å². The van der Waals surface area contributed by atoms with Crippen molar-refractivity contribution in [1.82, 2.24) is 20.0 Å². The van der Waals surface area contributed by atoms with E-state index in [1.807, 2.05) is 24.3 Å². The standard InChI is InChI=1S/C26H41N5O2/c1-2-3-4-12-27-26(33)22-8-10-24(11-9-22)29-15-13-28(14-16-29)21-25(32)31-19-17-30(18-20-31)23-6-5-7-23/h8-11,23H,2-7,12-21H2,1H3,(H,27,33). The summed E-state index contributed by atoms with van der Waals surface area (Å²) in [5.41, 5.74) is 1.87. The van der Waals surface area contributed by atoms with Gasteiger partial charge in [-0.15, -0.1) is 0 Å². The normalized spacial score (nSPS) is 20.5. The molecule has 182 valence electrons. The van der Waals surface area contributed by atoms with Crippen LogP contribution in [0.3, 0.4) is 0 Å². The molecule has 1 saturated carbocycles. The lowest BCUT2D eigenvalue weighted by Crippen LogP contribution is -2.56. The minimum Gasteiger partial charge on any atom is -0.369 e. The fourth-order valence-corrected chi connectivity index (χ4v) is 5.05. The van der Waals surface area contributed by atoms with Gasteiger partial charge in [0.05, 0.1) is 6.54 Å². The van der Waals surface area contributed by atoms with Crippen LogP contribution in [-0.2, 0) is 4.79 Å². The number of amides is 2. The summed E-state index contributed by atoms with van der Waals surface area (Å²) in [5, 5.41) is 3.00. The first-order chi connectivity index (χ1) is 16.1. The van der Waals surface area contributed by atoms with Gasteiger partial charge in [0.2, 0.25) is 5.91 Å². The van der Waals surface area contributed by atoms with Gasteiger partial charge in [0.1, 0.15) is 0 Å². The van der Waals surface area contributed by atoms with Gasteiger partial charge in [0, 0.05) is 76.2 Å². The van der Waals surface area contributed by atoms with Gasteiger partial charge in [0.25, 0.3) is 5.91 Å². The van der Waals surface area contributed by atoms with E-state index in [4.69, 9.17) is 0 Å². The Kier molecular flexibility index (Phi) is 8.62. The average Bonchev–Trinajstić information content (AvgIpc) is 2.82. The molecule has 33 heavy (non-hydrogen) atoms. The third-order valence-electron chi connectivity index (χ3n) is 7.55. The van der Waals surface area contributed by atoms with Gasteiger partial charge in [-0.25, -0.2) is 0 Å². The Morgan fingerprint density at radius 2 is 1.61 bits per heavy atom. The Morgan fingerprint density at radius 1 is 0.909 bits per heavy atom. The molecule has 4 rings (SSSR count). The predicted octanol–water partition coefficient (Wildman–Crippen LogP) is 2.43. The number of unbranched alkanes of at least 4 members (excludes halogenated alkanes) is 2. The second kappa shape index (κ2) is 11.8. The molecule has 1 aromatic rings. The van der Waals surface area contributed by atoms with Crippen LogP contribution in [0.2, 0.25) is 0 Å². The first-order valence-electron chi connectivity index (χ1n) is 13.0. The zero-order valence-electron chi connectivity index (χ0n) is 20.3. The van der Waals surface area contributed by atoms with Crippen LogP contribution >= 0.6 is 0 Å². The number of piperazine rings is 2. The van der Waals surface area contributed by atoms with E-state index in [0.717, 1.165) is 95.5 Å². The second-order valence-corrected chi connectivity index (χ2v) is 9.77. The first kappa shape index (κ1) is 24.0. The molecule has 0 radical (unpaired) electrons. The maximum absolute atomic E-state index is 12.8. The van der Waals surface area contributed by atoms with Gasteiger partial charge in [-0.2, -0.15) is 0 Å². The fourth-order valence-electron chi connectivity index (χ4n) is 5.05. The van der Waals surface area contributed by atoms with E-state index in [0.29, 0.717) is 6.54 Å². The summed E-state index contributed by atoms with van der Waals surface area (Å²) in [6.45, 7) is 10.9. The summed E-state index contributed by atoms with van der Waals surface area (Å²) in [4.78, 5) is 34.4. The van der Waals surface area contributed by atoms with Gasteiger partial charge < -0.3 is 15.1 Å².